The highest BCUT2D eigenvalue weighted by molar-refractivity contribution is 7.22. The predicted molar refractivity (Wildman–Crippen MR) is 96.6 cm³/mol. The van der Waals surface area contributed by atoms with Crippen LogP contribution in [0.4, 0.5) is 0 Å². The lowest BCUT2D eigenvalue weighted by molar-refractivity contribution is -0.124. The van der Waals surface area contributed by atoms with Gasteiger partial charge >= 0.3 is 5.97 Å². The van der Waals surface area contributed by atoms with Crippen LogP contribution in [-0.4, -0.2) is 23.5 Å². The molecular formula is C16H14N2O3S3. The monoisotopic (exact) mass is 378 g/mol. The number of esters is 1. The van der Waals surface area contributed by atoms with E-state index in [4.69, 9.17) is 4.74 Å². The van der Waals surface area contributed by atoms with Gasteiger partial charge in [-0.05, 0) is 29.8 Å². The quantitative estimate of drug-likeness (QED) is 0.664. The summed E-state index contributed by atoms with van der Waals surface area (Å²) in [6.45, 7) is 1.91. The number of nitrogens with one attached hydrogen (secondary N) is 1. The molecule has 1 N–H and O–H groups in total. The Bertz CT molecular complexity index is 823. The molecule has 0 saturated carbocycles. The number of aryl methyl sites for hydroxylation is 1. The highest BCUT2D eigenvalue weighted by Gasteiger charge is 2.19. The molecule has 5 nitrogen and oxygen atoms in total. The predicted octanol–water partition coefficient (Wildman–Crippen LogP) is 3.71. The fourth-order valence-electron chi connectivity index (χ4n) is 1.94. The third kappa shape index (κ3) is 4.08. The standard InChI is InChI=1S/C16H14N2O3S3/c1-10-14(24-15(18-10)12-5-3-7-23-12)16(20)21-9-13(19)17-8-11-4-2-6-22-11/h2-7H,8-9H2,1H3,(H,17,19). The zero-order chi connectivity index (χ0) is 16.9. The Morgan fingerprint density at radius 1 is 1.21 bits per heavy atom. The highest BCUT2D eigenvalue weighted by Crippen LogP contribution is 2.31. The molecule has 3 heterocycles. The zero-order valence-corrected chi connectivity index (χ0v) is 15.2. The number of nitrogens with zero attached hydrogens (tertiary/aromatic N) is 1. The number of thiazole rings is 1. The molecule has 3 rings (SSSR count). The Morgan fingerprint density at radius 2 is 2.00 bits per heavy atom. The molecule has 0 radical (unpaired) electrons. The summed E-state index contributed by atoms with van der Waals surface area (Å²) >= 11 is 4.41. The summed E-state index contributed by atoms with van der Waals surface area (Å²) in [6, 6.07) is 7.75. The Balaban J connectivity index is 1.54. The summed E-state index contributed by atoms with van der Waals surface area (Å²) in [4.78, 5) is 30.8. The molecule has 0 fully saturated rings. The summed E-state index contributed by atoms with van der Waals surface area (Å²) in [6.07, 6.45) is 0. The van der Waals surface area contributed by atoms with Crippen molar-refractivity contribution in [3.63, 3.8) is 0 Å². The van der Waals surface area contributed by atoms with Crippen molar-refractivity contribution in [3.8, 4) is 9.88 Å². The van der Waals surface area contributed by atoms with Gasteiger partial charge in [0.15, 0.2) is 6.61 Å². The Labute approximate surface area is 150 Å². The minimum absolute atomic E-state index is 0.296. The van der Waals surface area contributed by atoms with Crippen molar-refractivity contribution in [1.29, 1.82) is 0 Å². The Kier molecular flexibility index (Phi) is 5.39. The summed E-state index contributed by atoms with van der Waals surface area (Å²) in [5.74, 6) is -0.837. The number of rotatable bonds is 6. The van der Waals surface area contributed by atoms with Gasteiger partial charge in [-0.2, -0.15) is 0 Å². The number of carbonyl (C=O) groups is 2. The summed E-state index contributed by atoms with van der Waals surface area (Å²) in [7, 11) is 0. The van der Waals surface area contributed by atoms with Crippen LogP contribution in [0.2, 0.25) is 0 Å². The summed E-state index contributed by atoms with van der Waals surface area (Å²) in [5, 5.41) is 7.41. The topological polar surface area (TPSA) is 68.3 Å². The van der Waals surface area contributed by atoms with E-state index in [1.165, 1.54) is 11.3 Å². The van der Waals surface area contributed by atoms with E-state index >= 15 is 0 Å². The minimum Gasteiger partial charge on any atom is -0.451 e. The zero-order valence-electron chi connectivity index (χ0n) is 12.8. The molecule has 0 aliphatic heterocycles. The first kappa shape index (κ1) is 16.8. The van der Waals surface area contributed by atoms with Crippen LogP contribution in [0.3, 0.4) is 0 Å². The lowest BCUT2D eigenvalue weighted by atomic mass is 10.4. The summed E-state index contributed by atoms with van der Waals surface area (Å²) < 4.78 is 5.10. The minimum atomic E-state index is -0.515. The van der Waals surface area contributed by atoms with Gasteiger partial charge in [-0.15, -0.1) is 34.0 Å². The molecule has 8 heteroatoms. The van der Waals surface area contributed by atoms with Crippen LogP contribution < -0.4 is 5.32 Å². The van der Waals surface area contributed by atoms with Gasteiger partial charge in [0.25, 0.3) is 5.91 Å². The van der Waals surface area contributed by atoms with Gasteiger partial charge in [0, 0.05) is 4.88 Å². The van der Waals surface area contributed by atoms with Crippen LogP contribution in [0, 0.1) is 6.92 Å². The van der Waals surface area contributed by atoms with Gasteiger partial charge < -0.3 is 10.1 Å². The van der Waals surface area contributed by atoms with Crippen molar-refractivity contribution in [3.05, 3.63) is 50.5 Å². The molecule has 1 amide bonds. The Morgan fingerprint density at radius 3 is 2.71 bits per heavy atom. The molecule has 124 valence electrons. The van der Waals surface area contributed by atoms with E-state index in [1.807, 2.05) is 35.0 Å². The average molecular weight is 378 g/mol. The van der Waals surface area contributed by atoms with E-state index in [0.717, 1.165) is 14.8 Å². The normalized spacial score (nSPS) is 10.5. The van der Waals surface area contributed by atoms with Gasteiger partial charge in [-0.25, -0.2) is 9.78 Å². The molecule has 3 aromatic rings. The van der Waals surface area contributed by atoms with Crippen molar-refractivity contribution in [1.82, 2.24) is 10.3 Å². The van der Waals surface area contributed by atoms with Crippen LogP contribution in [0.5, 0.6) is 0 Å². The maximum absolute atomic E-state index is 12.2. The second-order valence-corrected chi connectivity index (χ2v) is 7.82. The number of carbonyl (C=O) groups excluding carboxylic acids is 2. The molecule has 0 unspecified atom stereocenters. The molecule has 0 aliphatic rings. The van der Waals surface area contributed by atoms with Crippen LogP contribution in [0.25, 0.3) is 9.88 Å². The Hall–Kier alpha value is -2.03. The molecule has 0 aromatic carbocycles. The lowest BCUT2D eigenvalue weighted by Gasteiger charge is -2.05. The third-order valence-electron chi connectivity index (χ3n) is 3.09. The first-order valence-electron chi connectivity index (χ1n) is 7.11. The van der Waals surface area contributed by atoms with Crippen LogP contribution in [0.15, 0.2) is 35.0 Å². The van der Waals surface area contributed by atoms with Gasteiger partial charge in [0.1, 0.15) is 9.88 Å². The molecule has 0 spiro atoms. The van der Waals surface area contributed by atoms with Crippen molar-refractivity contribution >= 4 is 45.9 Å². The van der Waals surface area contributed by atoms with E-state index < -0.39 is 5.97 Å². The maximum Gasteiger partial charge on any atom is 0.350 e. The van der Waals surface area contributed by atoms with E-state index in [-0.39, 0.29) is 12.5 Å². The number of hydrogen-bond acceptors (Lipinski definition) is 7. The smallest absolute Gasteiger partial charge is 0.350 e. The van der Waals surface area contributed by atoms with Crippen LogP contribution in [0.1, 0.15) is 20.2 Å². The summed E-state index contributed by atoms with van der Waals surface area (Å²) in [5.41, 5.74) is 0.618. The van der Waals surface area contributed by atoms with Crippen molar-refractivity contribution in [2.24, 2.45) is 0 Å². The molecule has 0 bridgehead atoms. The van der Waals surface area contributed by atoms with Crippen LogP contribution in [-0.2, 0) is 16.1 Å². The first-order valence-corrected chi connectivity index (χ1v) is 9.68. The number of aromatic nitrogens is 1. The third-order valence-corrected chi connectivity index (χ3v) is 6.14. The average Bonchev–Trinajstić information content (AvgIpc) is 3.30. The fourth-order valence-corrected chi connectivity index (χ4v) is 4.34. The van der Waals surface area contributed by atoms with Gasteiger partial charge in [0.2, 0.25) is 0 Å². The fraction of sp³-hybridized carbons (Fsp3) is 0.188. The highest BCUT2D eigenvalue weighted by atomic mass is 32.1. The van der Waals surface area contributed by atoms with Gasteiger partial charge in [0.05, 0.1) is 17.1 Å². The van der Waals surface area contributed by atoms with Crippen molar-refractivity contribution in [2.45, 2.75) is 13.5 Å². The second-order valence-electron chi connectivity index (χ2n) is 4.84. The molecule has 0 aliphatic carbocycles. The van der Waals surface area contributed by atoms with E-state index in [9.17, 15) is 9.59 Å². The van der Waals surface area contributed by atoms with Crippen LogP contribution >= 0.6 is 34.0 Å². The van der Waals surface area contributed by atoms with E-state index in [2.05, 4.69) is 10.3 Å². The van der Waals surface area contributed by atoms with Gasteiger partial charge in [-0.3, -0.25) is 4.79 Å². The molecular weight excluding hydrogens is 364 g/mol. The molecule has 0 saturated heterocycles. The second kappa shape index (κ2) is 7.69. The van der Waals surface area contributed by atoms with Gasteiger partial charge in [-0.1, -0.05) is 12.1 Å². The van der Waals surface area contributed by atoms with Crippen molar-refractivity contribution in [2.75, 3.05) is 6.61 Å². The molecule has 24 heavy (non-hydrogen) atoms. The number of amides is 1. The maximum atomic E-state index is 12.2. The van der Waals surface area contributed by atoms with E-state index in [0.29, 0.717) is 17.1 Å². The first-order chi connectivity index (χ1) is 11.6. The molecule has 0 atom stereocenters. The molecule has 3 aromatic heterocycles. The number of thiophene rings is 2. The SMILES string of the molecule is Cc1nc(-c2cccs2)sc1C(=O)OCC(=O)NCc1cccs1. The lowest BCUT2D eigenvalue weighted by Crippen LogP contribution is -2.28. The van der Waals surface area contributed by atoms with E-state index in [1.54, 1.807) is 29.6 Å². The largest absolute Gasteiger partial charge is 0.451 e. The number of hydrogen-bond donors (Lipinski definition) is 1. The van der Waals surface area contributed by atoms with Crippen molar-refractivity contribution < 1.29 is 14.3 Å². The number of ether oxygens (including phenoxy) is 1.